The lowest BCUT2D eigenvalue weighted by Crippen LogP contribution is -2.26. The zero-order chi connectivity index (χ0) is 17.0. The number of hydrogen-bond donors (Lipinski definition) is 1. The molecule has 1 aromatic carbocycles. The number of carbonyl (C=O) groups is 1. The molecule has 1 heterocycles. The number of rotatable bonds is 6. The second-order valence-electron chi connectivity index (χ2n) is 5.29. The Labute approximate surface area is 133 Å². The van der Waals surface area contributed by atoms with Crippen LogP contribution in [0.4, 0.5) is 11.6 Å². The predicted octanol–water partition coefficient (Wildman–Crippen LogP) is 1.20. The summed E-state index contributed by atoms with van der Waals surface area (Å²) in [7, 11) is 3.34. The van der Waals surface area contributed by atoms with Gasteiger partial charge < -0.3 is 10.2 Å². The highest BCUT2D eigenvalue weighted by Gasteiger charge is 2.11. The van der Waals surface area contributed by atoms with Gasteiger partial charge in [-0.3, -0.25) is 14.9 Å². The molecule has 1 N–H and O–H groups in total. The van der Waals surface area contributed by atoms with E-state index < -0.39 is 4.92 Å². The number of nitrogens with one attached hydrogen (secondary N) is 1. The minimum Gasteiger partial charge on any atom is -0.349 e. The highest BCUT2D eigenvalue weighted by molar-refractivity contribution is 5.75. The Bertz CT molecular complexity index is 725. The highest BCUT2D eigenvalue weighted by Crippen LogP contribution is 2.19. The van der Waals surface area contributed by atoms with Crippen LogP contribution in [0, 0.1) is 17.0 Å². The van der Waals surface area contributed by atoms with E-state index in [1.165, 1.54) is 22.0 Å². The van der Waals surface area contributed by atoms with Crippen molar-refractivity contribution in [1.29, 1.82) is 0 Å². The summed E-state index contributed by atoms with van der Waals surface area (Å²) < 4.78 is 1.43. The van der Waals surface area contributed by atoms with Crippen LogP contribution in [0.25, 0.3) is 0 Å². The predicted molar refractivity (Wildman–Crippen MR) is 83.9 cm³/mol. The molecule has 0 spiro atoms. The smallest absolute Gasteiger partial charge is 0.272 e. The van der Waals surface area contributed by atoms with Gasteiger partial charge in [-0.15, -0.1) is 5.10 Å². The number of carbonyl (C=O) groups excluding carboxylic acids is 1. The molecule has 1 amide bonds. The molecule has 0 aliphatic rings. The summed E-state index contributed by atoms with van der Waals surface area (Å²) in [4.78, 5) is 27.6. The van der Waals surface area contributed by atoms with E-state index >= 15 is 0 Å². The van der Waals surface area contributed by atoms with Gasteiger partial charge in [0.1, 0.15) is 12.9 Å². The summed E-state index contributed by atoms with van der Waals surface area (Å²) in [5, 5.41) is 18.0. The topological polar surface area (TPSA) is 106 Å². The van der Waals surface area contributed by atoms with E-state index in [9.17, 15) is 14.9 Å². The fourth-order valence-electron chi connectivity index (χ4n) is 1.87. The normalized spacial score (nSPS) is 10.4. The lowest BCUT2D eigenvalue weighted by Gasteiger charge is -2.09. The van der Waals surface area contributed by atoms with E-state index in [4.69, 9.17) is 0 Å². The van der Waals surface area contributed by atoms with Crippen molar-refractivity contribution in [1.82, 2.24) is 19.7 Å². The highest BCUT2D eigenvalue weighted by atomic mass is 16.6. The largest absolute Gasteiger partial charge is 0.349 e. The van der Waals surface area contributed by atoms with Crippen LogP contribution >= 0.6 is 0 Å². The van der Waals surface area contributed by atoms with Crippen molar-refractivity contribution in [2.24, 2.45) is 0 Å². The Hall–Kier alpha value is -2.97. The van der Waals surface area contributed by atoms with E-state index in [0.717, 1.165) is 5.56 Å². The first-order valence-corrected chi connectivity index (χ1v) is 6.94. The van der Waals surface area contributed by atoms with Gasteiger partial charge in [0.05, 0.1) is 4.92 Å². The average Bonchev–Trinajstić information content (AvgIpc) is 2.93. The zero-order valence-corrected chi connectivity index (χ0v) is 13.2. The van der Waals surface area contributed by atoms with Crippen LogP contribution in [0.2, 0.25) is 0 Å². The molecule has 122 valence electrons. The molecule has 0 aliphatic heterocycles. The quantitative estimate of drug-likeness (QED) is 0.633. The molecule has 0 saturated carbocycles. The Morgan fingerprint density at radius 3 is 2.83 bits per heavy atom. The maximum absolute atomic E-state index is 11.6. The number of likely N-dealkylation sites (N-methyl/N-ethyl adjacent to an activating group) is 1. The molecule has 9 nitrogen and oxygen atoms in total. The van der Waals surface area contributed by atoms with E-state index in [-0.39, 0.29) is 18.1 Å². The first-order chi connectivity index (χ1) is 10.9. The molecule has 2 rings (SSSR count). The fraction of sp³-hybridized carbons (Fsp3) is 0.357. The summed E-state index contributed by atoms with van der Waals surface area (Å²) in [6.45, 7) is 2.16. The molecule has 0 fully saturated rings. The molecule has 2 aromatic rings. The average molecular weight is 318 g/mol. The molecule has 0 bridgehead atoms. The van der Waals surface area contributed by atoms with E-state index in [0.29, 0.717) is 18.1 Å². The standard InChI is InChI=1S/C14H18N6O3/c1-10-4-5-11(6-12(10)20(22)23)7-15-14-16-9-19(17-14)8-13(21)18(2)3/h4-6,9H,7-8H2,1-3H3,(H,15,17). The third-order valence-corrected chi connectivity index (χ3v) is 3.25. The Morgan fingerprint density at radius 2 is 2.17 bits per heavy atom. The maximum Gasteiger partial charge on any atom is 0.272 e. The van der Waals surface area contributed by atoms with Gasteiger partial charge in [-0.2, -0.15) is 0 Å². The summed E-state index contributed by atoms with van der Waals surface area (Å²) in [6.07, 6.45) is 1.46. The number of nitro benzene ring substituents is 1. The zero-order valence-electron chi connectivity index (χ0n) is 13.2. The van der Waals surface area contributed by atoms with Gasteiger partial charge in [0, 0.05) is 32.3 Å². The molecule has 23 heavy (non-hydrogen) atoms. The number of nitrogens with zero attached hydrogens (tertiary/aromatic N) is 5. The number of amides is 1. The SMILES string of the molecule is Cc1ccc(CNc2ncn(CC(=O)N(C)C)n2)cc1[N+](=O)[O-]. The third-order valence-electron chi connectivity index (χ3n) is 3.25. The first kappa shape index (κ1) is 16.4. The molecule has 0 saturated heterocycles. The summed E-state index contributed by atoms with van der Waals surface area (Å²) in [5.74, 6) is 0.274. The minimum atomic E-state index is -0.404. The van der Waals surface area contributed by atoms with Crippen molar-refractivity contribution in [3.05, 3.63) is 45.8 Å². The summed E-state index contributed by atoms with van der Waals surface area (Å²) >= 11 is 0. The third kappa shape index (κ3) is 4.25. The molecular weight excluding hydrogens is 300 g/mol. The van der Waals surface area contributed by atoms with Crippen molar-refractivity contribution >= 4 is 17.5 Å². The lowest BCUT2D eigenvalue weighted by molar-refractivity contribution is -0.385. The minimum absolute atomic E-state index is 0.0827. The molecule has 0 aliphatic carbocycles. The van der Waals surface area contributed by atoms with Crippen molar-refractivity contribution in [2.45, 2.75) is 20.0 Å². The monoisotopic (exact) mass is 318 g/mol. The molecule has 0 radical (unpaired) electrons. The van der Waals surface area contributed by atoms with Crippen LogP contribution < -0.4 is 5.32 Å². The first-order valence-electron chi connectivity index (χ1n) is 6.94. The van der Waals surface area contributed by atoms with Gasteiger partial charge in [0.25, 0.3) is 5.69 Å². The van der Waals surface area contributed by atoms with Crippen molar-refractivity contribution in [3.63, 3.8) is 0 Å². The number of anilines is 1. The van der Waals surface area contributed by atoms with Crippen LogP contribution in [-0.4, -0.2) is 44.6 Å². The molecule has 9 heteroatoms. The van der Waals surface area contributed by atoms with Crippen molar-refractivity contribution in [3.8, 4) is 0 Å². The number of nitro groups is 1. The van der Waals surface area contributed by atoms with Crippen molar-refractivity contribution in [2.75, 3.05) is 19.4 Å². The van der Waals surface area contributed by atoms with Crippen LogP contribution in [0.3, 0.4) is 0 Å². The second kappa shape index (κ2) is 6.86. The van der Waals surface area contributed by atoms with Gasteiger partial charge in [0.15, 0.2) is 0 Å². The van der Waals surface area contributed by atoms with Crippen LogP contribution in [0.1, 0.15) is 11.1 Å². The molecular formula is C14H18N6O3. The Morgan fingerprint density at radius 1 is 1.43 bits per heavy atom. The number of hydrogen-bond acceptors (Lipinski definition) is 6. The van der Waals surface area contributed by atoms with Gasteiger partial charge in [0.2, 0.25) is 11.9 Å². The van der Waals surface area contributed by atoms with Crippen LogP contribution in [-0.2, 0) is 17.9 Å². The number of aromatic nitrogens is 3. The van der Waals surface area contributed by atoms with E-state index in [1.807, 2.05) is 6.07 Å². The lowest BCUT2D eigenvalue weighted by atomic mass is 10.1. The van der Waals surface area contributed by atoms with Crippen molar-refractivity contribution < 1.29 is 9.72 Å². The molecule has 0 unspecified atom stereocenters. The van der Waals surface area contributed by atoms with Crippen LogP contribution in [0.5, 0.6) is 0 Å². The summed E-state index contributed by atoms with van der Waals surface area (Å²) in [6, 6.07) is 5.04. The molecule has 1 aromatic heterocycles. The maximum atomic E-state index is 11.6. The van der Waals surface area contributed by atoms with Gasteiger partial charge >= 0.3 is 0 Å². The van der Waals surface area contributed by atoms with Gasteiger partial charge in [-0.1, -0.05) is 12.1 Å². The number of aryl methyl sites for hydroxylation is 1. The second-order valence-corrected chi connectivity index (χ2v) is 5.29. The van der Waals surface area contributed by atoms with Gasteiger partial charge in [-0.25, -0.2) is 9.67 Å². The van der Waals surface area contributed by atoms with E-state index in [2.05, 4.69) is 15.4 Å². The summed E-state index contributed by atoms with van der Waals surface area (Å²) in [5.41, 5.74) is 1.45. The number of benzene rings is 1. The van der Waals surface area contributed by atoms with E-state index in [1.54, 1.807) is 27.1 Å². The molecule has 0 atom stereocenters. The van der Waals surface area contributed by atoms with Gasteiger partial charge in [-0.05, 0) is 12.5 Å². The van der Waals surface area contributed by atoms with Crippen LogP contribution in [0.15, 0.2) is 24.5 Å². The Kier molecular flexibility index (Phi) is 4.89. The Balaban J connectivity index is 1.99. The fourth-order valence-corrected chi connectivity index (χ4v) is 1.87.